The van der Waals surface area contributed by atoms with Crippen LogP contribution in [-0.4, -0.2) is 52.5 Å². The zero-order chi connectivity index (χ0) is 19.5. The second-order valence-corrected chi connectivity index (χ2v) is 7.70. The Hall–Kier alpha value is -2.78. The number of benzene rings is 1. The number of ether oxygens (including phenoxy) is 1. The van der Waals surface area contributed by atoms with E-state index in [2.05, 4.69) is 36.0 Å². The molecule has 1 aliphatic heterocycles. The van der Waals surface area contributed by atoms with Gasteiger partial charge in [0.25, 0.3) is 0 Å². The number of aliphatic hydroxyl groups is 1. The number of imidazole rings is 1. The van der Waals surface area contributed by atoms with Gasteiger partial charge in [-0.3, -0.25) is 5.32 Å². The van der Waals surface area contributed by atoms with Crippen LogP contribution >= 0.6 is 11.8 Å². The summed E-state index contributed by atoms with van der Waals surface area (Å²) in [6, 6.07) is 9.95. The number of hydrogen-bond acceptors (Lipinski definition) is 7. The molecule has 146 valence electrons. The average Bonchev–Trinajstić information content (AvgIpc) is 3.10. The van der Waals surface area contributed by atoms with E-state index in [1.165, 1.54) is 7.11 Å². The molecule has 0 aliphatic carbocycles. The van der Waals surface area contributed by atoms with Crippen molar-refractivity contribution in [3.8, 4) is 0 Å². The number of nitrogens with one attached hydrogen (secondary N) is 2. The van der Waals surface area contributed by atoms with Crippen molar-refractivity contribution in [3.05, 3.63) is 36.5 Å². The molecular formula is C19H21N5O3S. The number of hydrogen-bond donors (Lipinski definition) is 3. The smallest absolute Gasteiger partial charge is 0.413 e. The molecule has 3 N–H and O–H groups in total. The molecule has 3 aromatic rings. The summed E-state index contributed by atoms with van der Waals surface area (Å²) >= 11 is 1.60. The zero-order valence-electron chi connectivity index (χ0n) is 15.4. The Morgan fingerprint density at radius 2 is 2.07 bits per heavy atom. The van der Waals surface area contributed by atoms with Crippen LogP contribution in [0.5, 0.6) is 0 Å². The number of carbonyl (C=O) groups is 1. The Morgan fingerprint density at radius 1 is 1.29 bits per heavy atom. The van der Waals surface area contributed by atoms with Crippen molar-refractivity contribution in [2.24, 2.45) is 0 Å². The first-order chi connectivity index (χ1) is 13.6. The molecule has 0 spiro atoms. The van der Waals surface area contributed by atoms with Crippen molar-refractivity contribution < 1.29 is 14.6 Å². The van der Waals surface area contributed by atoms with E-state index in [0.29, 0.717) is 5.95 Å². The molecule has 2 aromatic heterocycles. The second-order valence-electron chi connectivity index (χ2n) is 6.55. The standard InChI is InChI=1S/C19H21N5O3S/c1-27-19(26)23-18-21-15-4-2-13(10-16(15)22-18)28-14-3-5-17(20-11-14)24-8-6-12(25)7-9-24/h2-5,10-12,25H,6-9H2,1H3,(H2,21,22,23,26). The molecule has 8 nitrogen and oxygen atoms in total. The molecule has 4 rings (SSSR count). The van der Waals surface area contributed by atoms with Crippen LogP contribution in [0.25, 0.3) is 11.0 Å². The maximum Gasteiger partial charge on any atom is 0.413 e. The molecule has 1 aliphatic rings. The molecule has 9 heteroatoms. The average molecular weight is 399 g/mol. The highest BCUT2D eigenvalue weighted by atomic mass is 32.2. The summed E-state index contributed by atoms with van der Waals surface area (Å²) in [5, 5.41) is 12.2. The van der Waals surface area contributed by atoms with E-state index >= 15 is 0 Å². The Morgan fingerprint density at radius 3 is 2.79 bits per heavy atom. The number of rotatable bonds is 4. The van der Waals surface area contributed by atoms with Gasteiger partial charge in [-0.25, -0.2) is 14.8 Å². The third-order valence-electron chi connectivity index (χ3n) is 4.61. The fourth-order valence-corrected chi connectivity index (χ4v) is 3.93. The van der Waals surface area contributed by atoms with Gasteiger partial charge in [-0.2, -0.15) is 0 Å². The Balaban J connectivity index is 1.44. The molecule has 1 saturated heterocycles. The number of fused-ring (bicyclic) bond motifs is 1. The summed E-state index contributed by atoms with van der Waals surface area (Å²) in [7, 11) is 1.31. The Labute approximate surface area is 166 Å². The molecule has 3 heterocycles. The first-order valence-electron chi connectivity index (χ1n) is 9.02. The van der Waals surface area contributed by atoms with E-state index in [9.17, 15) is 9.90 Å². The predicted molar refractivity (Wildman–Crippen MR) is 108 cm³/mol. The number of pyridine rings is 1. The molecular weight excluding hydrogens is 378 g/mol. The summed E-state index contributed by atoms with van der Waals surface area (Å²) in [4.78, 5) is 27.5. The van der Waals surface area contributed by atoms with Gasteiger partial charge in [0, 0.05) is 29.1 Å². The predicted octanol–water partition coefficient (Wildman–Crippen LogP) is 3.25. The third-order valence-corrected chi connectivity index (χ3v) is 5.57. The van der Waals surface area contributed by atoms with Crippen molar-refractivity contribution in [1.29, 1.82) is 0 Å². The minimum atomic E-state index is -0.567. The number of aromatic nitrogens is 3. The van der Waals surface area contributed by atoms with E-state index in [0.717, 1.165) is 52.6 Å². The van der Waals surface area contributed by atoms with Crippen molar-refractivity contribution >= 4 is 40.7 Å². The highest BCUT2D eigenvalue weighted by Gasteiger charge is 2.18. The molecule has 28 heavy (non-hydrogen) atoms. The third kappa shape index (κ3) is 4.20. The molecule has 1 fully saturated rings. The highest BCUT2D eigenvalue weighted by molar-refractivity contribution is 7.99. The second kappa shape index (κ2) is 8.07. The van der Waals surface area contributed by atoms with Crippen LogP contribution < -0.4 is 10.2 Å². The van der Waals surface area contributed by atoms with Gasteiger partial charge >= 0.3 is 6.09 Å². The maximum atomic E-state index is 11.3. The number of nitrogens with zero attached hydrogens (tertiary/aromatic N) is 3. The highest BCUT2D eigenvalue weighted by Crippen LogP contribution is 2.30. The SMILES string of the molecule is COC(=O)Nc1nc2cc(Sc3ccc(N4CCC(O)CC4)nc3)ccc2[nH]1. The van der Waals surface area contributed by atoms with Crippen molar-refractivity contribution in [3.63, 3.8) is 0 Å². The zero-order valence-corrected chi connectivity index (χ0v) is 16.2. The van der Waals surface area contributed by atoms with Gasteiger partial charge in [-0.05, 0) is 43.2 Å². The fraction of sp³-hybridized carbons (Fsp3) is 0.316. The van der Waals surface area contributed by atoms with Crippen LogP contribution in [0.2, 0.25) is 0 Å². The van der Waals surface area contributed by atoms with Crippen molar-refractivity contribution in [1.82, 2.24) is 15.0 Å². The maximum absolute atomic E-state index is 11.3. The lowest BCUT2D eigenvalue weighted by molar-refractivity contribution is 0.145. The minimum Gasteiger partial charge on any atom is -0.453 e. The normalized spacial score (nSPS) is 15.0. The van der Waals surface area contributed by atoms with E-state index in [4.69, 9.17) is 0 Å². The van der Waals surface area contributed by atoms with E-state index in [-0.39, 0.29) is 6.10 Å². The number of aliphatic hydroxyl groups excluding tert-OH is 1. The lowest BCUT2D eigenvalue weighted by Gasteiger charge is -2.30. The van der Waals surface area contributed by atoms with E-state index in [1.807, 2.05) is 30.5 Å². The van der Waals surface area contributed by atoms with Gasteiger partial charge in [0.1, 0.15) is 5.82 Å². The van der Waals surface area contributed by atoms with Crippen LogP contribution in [-0.2, 0) is 4.74 Å². The van der Waals surface area contributed by atoms with Gasteiger partial charge in [0.2, 0.25) is 5.95 Å². The van der Waals surface area contributed by atoms with E-state index in [1.54, 1.807) is 11.8 Å². The van der Waals surface area contributed by atoms with Crippen molar-refractivity contribution in [2.45, 2.75) is 28.7 Å². The van der Waals surface area contributed by atoms with Crippen molar-refractivity contribution in [2.75, 3.05) is 30.4 Å². The number of H-pyrrole nitrogens is 1. The number of amides is 1. The Bertz CT molecular complexity index is 967. The monoisotopic (exact) mass is 399 g/mol. The van der Waals surface area contributed by atoms with Crippen LogP contribution in [0, 0.1) is 0 Å². The summed E-state index contributed by atoms with van der Waals surface area (Å²) in [6.45, 7) is 1.66. The molecule has 0 unspecified atom stereocenters. The summed E-state index contributed by atoms with van der Waals surface area (Å²) in [6.07, 6.45) is 2.68. The van der Waals surface area contributed by atoms with Gasteiger partial charge in [-0.15, -0.1) is 0 Å². The number of piperidine rings is 1. The lowest BCUT2D eigenvalue weighted by atomic mass is 10.1. The van der Waals surface area contributed by atoms with Gasteiger partial charge < -0.3 is 19.7 Å². The van der Waals surface area contributed by atoms with Gasteiger partial charge in [0.05, 0.1) is 24.2 Å². The molecule has 0 bridgehead atoms. The van der Waals surface area contributed by atoms with Crippen LogP contribution in [0.1, 0.15) is 12.8 Å². The lowest BCUT2D eigenvalue weighted by Crippen LogP contribution is -2.36. The van der Waals surface area contributed by atoms with Gasteiger partial charge in [0.15, 0.2) is 0 Å². The molecule has 0 radical (unpaired) electrons. The van der Waals surface area contributed by atoms with Crippen LogP contribution in [0.15, 0.2) is 46.3 Å². The summed E-state index contributed by atoms with van der Waals surface area (Å²) in [5.74, 6) is 1.29. The first-order valence-corrected chi connectivity index (χ1v) is 9.84. The quantitative estimate of drug-likeness (QED) is 0.619. The van der Waals surface area contributed by atoms with Crippen LogP contribution in [0.4, 0.5) is 16.6 Å². The summed E-state index contributed by atoms with van der Waals surface area (Å²) < 4.78 is 4.57. The fourth-order valence-electron chi connectivity index (χ4n) is 3.11. The Kier molecular flexibility index (Phi) is 5.36. The largest absolute Gasteiger partial charge is 0.453 e. The van der Waals surface area contributed by atoms with Gasteiger partial charge in [-0.1, -0.05) is 11.8 Å². The molecule has 1 amide bonds. The number of anilines is 2. The van der Waals surface area contributed by atoms with E-state index < -0.39 is 6.09 Å². The number of aromatic amines is 1. The molecule has 0 atom stereocenters. The van der Waals surface area contributed by atoms with Crippen LogP contribution in [0.3, 0.4) is 0 Å². The molecule has 0 saturated carbocycles. The molecule has 1 aromatic carbocycles. The number of carbonyl (C=O) groups excluding carboxylic acids is 1. The number of methoxy groups -OCH3 is 1. The first kappa shape index (κ1) is 18.6. The topological polar surface area (TPSA) is 103 Å². The minimum absolute atomic E-state index is 0.189. The summed E-state index contributed by atoms with van der Waals surface area (Å²) in [5.41, 5.74) is 1.59.